The lowest BCUT2D eigenvalue weighted by Gasteiger charge is -2.58. The van der Waals surface area contributed by atoms with Crippen molar-refractivity contribution >= 4 is 5.91 Å². The van der Waals surface area contributed by atoms with E-state index in [2.05, 4.69) is 5.32 Å². The van der Waals surface area contributed by atoms with Gasteiger partial charge >= 0.3 is 0 Å². The molecule has 1 N–H and O–H groups in total. The third-order valence-electron chi connectivity index (χ3n) is 5.29. The van der Waals surface area contributed by atoms with Crippen molar-refractivity contribution in [3.8, 4) is 0 Å². The molecule has 4 aliphatic carbocycles. The number of carbonyl (C=O) groups is 1. The molecule has 2 nitrogen and oxygen atoms in total. The van der Waals surface area contributed by atoms with Crippen LogP contribution in [0.2, 0.25) is 0 Å². The molecular formula is C12H17NO. The van der Waals surface area contributed by atoms with Crippen LogP contribution in [-0.2, 0) is 4.79 Å². The molecule has 0 aromatic rings. The molecule has 0 unspecified atom stereocenters. The van der Waals surface area contributed by atoms with Crippen molar-refractivity contribution in [2.75, 3.05) is 0 Å². The largest absolute Gasteiger partial charge is 0.353 e. The number of rotatable bonds is 0. The minimum atomic E-state index is 0.336. The molecule has 0 radical (unpaired) electrons. The summed E-state index contributed by atoms with van der Waals surface area (Å²) in [5.74, 6) is 3.11. The summed E-state index contributed by atoms with van der Waals surface area (Å²) in [5, 5.41) is 3.25. The molecule has 1 spiro atoms. The highest BCUT2D eigenvalue weighted by Crippen LogP contribution is 2.62. The minimum Gasteiger partial charge on any atom is -0.353 e. The first-order valence-corrected chi connectivity index (χ1v) is 6.05. The van der Waals surface area contributed by atoms with Crippen molar-refractivity contribution in [3.63, 3.8) is 0 Å². The van der Waals surface area contributed by atoms with Crippen molar-refractivity contribution in [1.29, 1.82) is 0 Å². The fourth-order valence-electron chi connectivity index (χ4n) is 5.28. The highest BCUT2D eigenvalue weighted by molar-refractivity contribution is 5.80. The van der Waals surface area contributed by atoms with E-state index in [0.29, 0.717) is 17.4 Å². The summed E-state index contributed by atoms with van der Waals surface area (Å²) >= 11 is 0. The van der Waals surface area contributed by atoms with Crippen LogP contribution in [0.1, 0.15) is 38.5 Å². The van der Waals surface area contributed by atoms with Crippen LogP contribution in [-0.4, -0.2) is 11.9 Å². The first-order chi connectivity index (χ1) is 6.75. The lowest BCUT2D eigenvalue weighted by molar-refractivity contribution is -0.120. The van der Waals surface area contributed by atoms with Crippen molar-refractivity contribution < 1.29 is 4.79 Å². The fraction of sp³-hybridized carbons (Fsp3) is 0.917. The summed E-state index contributed by atoms with van der Waals surface area (Å²) in [6, 6.07) is 0.572. The Kier molecular flexibility index (Phi) is 1.20. The zero-order chi connectivity index (χ0) is 9.34. The number of nitrogens with one attached hydrogen (secondary N) is 1. The van der Waals surface area contributed by atoms with Crippen LogP contribution in [0.5, 0.6) is 0 Å². The predicted octanol–water partition coefficient (Wildman–Crippen LogP) is 1.70. The molecule has 5 rings (SSSR count). The van der Waals surface area contributed by atoms with Gasteiger partial charge in [0, 0.05) is 17.9 Å². The molecule has 4 bridgehead atoms. The summed E-state index contributed by atoms with van der Waals surface area (Å²) < 4.78 is 0. The summed E-state index contributed by atoms with van der Waals surface area (Å²) in [5.41, 5.74) is 0.422. The van der Waals surface area contributed by atoms with E-state index in [0.717, 1.165) is 24.2 Å². The van der Waals surface area contributed by atoms with E-state index in [1.54, 1.807) is 0 Å². The van der Waals surface area contributed by atoms with Gasteiger partial charge in [-0.05, 0) is 49.9 Å². The Morgan fingerprint density at radius 1 is 1.14 bits per heavy atom. The van der Waals surface area contributed by atoms with Gasteiger partial charge in [-0.2, -0.15) is 0 Å². The second kappa shape index (κ2) is 2.17. The van der Waals surface area contributed by atoms with Gasteiger partial charge in [0.2, 0.25) is 5.91 Å². The van der Waals surface area contributed by atoms with Crippen LogP contribution in [0.15, 0.2) is 0 Å². The molecule has 0 aromatic carbocycles. The number of carbonyl (C=O) groups excluding carboxylic acids is 1. The molecule has 1 aliphatic heterocycles. The first-order valence-electron chi connectivity index (χ1n) is 6.05. The standard InChI is InChI=1S/C12H17NO/c14-10-6-12-4-7-1-8(5-12)3-9(2-7)11(12)13-10/h7-9,11H,1-6H2,(H,13,14)/t7-,8-,9?,11+,12?/m0/s1. The van der Waals surface area contributed by atoms with Crippen LogP contribution in [0.4, 0.5) is 0 Å². The molecule has 5 aliphatic rings. The van der Waals surface area contributed by atoms with Gasteiger partial charge in [0.05, 0.1) is 0 Å². The Bertz CT molecular complexity index is 297. The third kappa shape index (κ3) is 0.768. The van der Waals surface area contributed by atoms with E-state index in [9.17, 15) is 4.79 Å². The Morgan fingerprint density at radius 3 is 2.57 bits per heavy atom. The molecule has 1 saturated heterocycles. The maximum Gasteiger partial charge on any atom is 0.220 e. The molecule has 4 saturated carbocycles. The van der Waals surface area contributed by atoms with E-state index >= 15 is 0 Å². The van der Waals surface area contributed by atoms with Crippen molar-refractivity contribution in [1.82, 2.24) is 5.32 Å². The lowest BCUT2D eigenvalue weighted by Crippen LogP contribution is -2.56. The van der Waals surface area contributed by atoms with E-state index in [1.807, 2.05) is 0 Å². The Morgan fingerprint density at radius 2 is 1.86 bits per heavy atom. The van der Waals surface area contributed by atoms with Gasteiger partial charge in [-0.1, -0.05) is 0 Å². The first kappa shape index (κ1) is 7.72. The summed E-state index contributed by atoms with van der Waals surface area (Å²) in [7, 11) is 0. The maximum absolute atomic E-state index is 11.6. The predicted molar refractivity (Wildman–Crippen MR) is 52.5 cm³/mol. The van der Waals surface area contributed by atoms with Crippen LogP contribution in [0.25, 0.3) is 0 Å². The van der Waals surface area contributed by atoms with Crippen LogP contribution < -0.4 is 5.32 Å². The molecule has 14 heavy (non-hydrogen) atoms. The molecule has 3 atom stereocenters. The summed E-state index contributed by atoms with van der Waals surface area (Å²) in [6.45, 7) is 0. The highest BCUT2D eigenvalue weighted by atomic mass is 16.2. The molecule has 5 fully saturated rings. The topological polar surface area (TPSA) is 29.1 Å². The summed E-state index contributed by atoms with van der Waals surface area (Å²) in [6.07, 6.45) is 7.83. The van der Waals surface area contributed by atoms with Gasteiger partial charge in [0.1, 0.15) is 0 Å². The van der Waals surface area contributed by atoms with E-state index in [4.69, 9.17) is 0 Å². The maximum atomic E-state index is 11.6. The normalized spacial score (nSPS) is 58.7. The van der Waals surface area contributed by atoms with Crippen LogP contribution in [0.3, 0.4) is 0 Å². The SMILES string of the molecule is O=C1CC23C[C@@H]4CC(C[C@H](C4)C2)[C@H]3N1. The van der Waals surface area contributed by atoms with Gasteiger partial charge in [-0.3, -0.25) is 4.79 Å². The smallest absolute Gasteiger partial charge is 0.220 e. The summed E-state index contributed by atoms with van der Waals surface area (Å²) in [4.78, 5) is 11.6. The minimum absolute atomic E-state index is 0.336. The van der Waals surface area contributed by atoms with Gasteiger partial charge in [0.15, 0.2) is 0 Å². The average molecular weight is 191 g/mol. The van der Waals surface area contributed by atoms with Gasteiger partial charge in [-0.25, -0.2) is 0 Å². The zero-order valence-electron chi connectivity index (χ0n) is 8.46. The van der Waals surface area contributed by atoms with E-state index in [1.165, 1.54) is 32.1 Å². The molecule has 1 heterocycles. The van der Waals surface area contributed by atoms with Crippen molar-refractivity contribution in [3.05, 3.63) is 0 Å². The quantitative estimate of drug-likeness (QED) is 0.620. The molecule has 2 heteroatoms. The van der Waals surface area contributed by atoms with E-state index < -0.39 is 0 Å². The Labute approximate surface area is 84.4 Å². The lowest BCUT2D eigenvalue weighted by atomic mass is 9.48. The molecular weight excluding hydrogens is 174 g/mol. The monoisotopic (exact) mass is 191 g/mol. The van der Waals surface area contributed by atoms with Crippen molar-refractivity contribution in [2.24, 2.45) is 23.2 Å². The van der Waals surface area contributed by atoms with Gasteiger partial charge < -0.3 is 5.32 Å². The van der Waals surface area contributed by atoms with Crippen molar-refractivity contribution in [2.45, 2.75) is 44.6 Å². The second-order valence-electron chi connectivity index (χ2n) is 6.19. The van der Waals surface area contributed by atoms with Gasteiger partial charge in [0.25, 0.3) is 0 Å². The highest BCUT2D eigenvalue weighted by Gasteiger charge is 2.60. The number of hydrogen-bond acceptors (Lipinski definition) is 1. The fourth-order valence-corrected chi connectivity index (χ4v) is 5.28. The Hall–Kier alpha value is -0.530. The third-order valence-corrected chi connectivity index (χ3v) is 5.29. The zero-order valence-corrected chi connectivity index (χ0v) is 8.46. The number of amides is 1. The number of hydrogen-bond donors (Lipinski definition) is 1. The molecule has 1 amide bonds. The van der Waals surface area contributed by atoms with Gasteiger partial charge in [-0.15, -0.1) is 0 Å². The molecule has 0 aromatic heterocycles. The van der Waals surface area contributed by atoms with Crippen LogP contribution >= 0.6 is 0 Å². The Balaban J connectivity index is 1.80. The van der Waals surface area contributed by atoms with Crippen LogP contribution in [0, 0.1) is 23.2 Å². The average Bonchev–Trinajstić information content (AvgIpc) is 2.40. The molecule has 76 valence electrons. The van der Waals surface area contributed by atoms with E-state index in [-0.39, 0.29) is 0 Å². The second-order valence-corrected chi connectivity index (χ2v) is 6.19.